The van der Waals surface area contributed by atoms with Gasteiger partial charge in [0.25, 0.3) is 0 Å². The van der Waals surface area contributed by atoms with Crippen LogP contribution < -0.4 is 0 Å². The first kappa shape index (κ1) is 13.2. The van der Waals surface area contributed by atoms with Crippen LogP contribution in [-0.4, -0.2) is 26.9 Å². The minimum absolute atomic E-state index is 0.900. The topological polar surface area (TPSA) is 3.24 Å². The Kier molecular flexibility index (Phi) is 5.23. The van der Waals surface area contributed by atoms with Gasteiger partial charge in [-0.3, -0.25) is 0 Å². The standard InChI is InChI=1S/C11H27NSi/c1-8-10(3)13(7,12(5)6)11(4)9-2/h10-11H,8-9H2,1-7H3. The third-order valence-corrected chi connectivity index (χ3v) is 10.9. The van der Waals surface area contributed by atoms with Gasteiger partial charge in [-0.25, -0.2) is 0 Å². The number of nitrogens with zero attached hydrogens (tertiary/aromatic N) is 1. The van der Waals surface area contributed by atoms with Crippen molar-refractivity contribution in [2.45, 2.75) is 58.2 Å². The molecule has 1 nitrogen and oxygen atoms in total. The lowest BCUT2D eigenvalue weighted by Gasteiger charge is -2.43. The van der Waals surface area contributed by atoms with Crippen LogP contribution in [0.3, 0.4) is 0 Å². The molecule has 0 saturated carbocycles. The summed E-state index contributed by atoms with van der Waals surface area (Å²) in [5.74, 6) is 0. The zero-order chi connectivity index (χ0) is 10.6. The van der Waals surface area contributed by atoms with Crippen molar-refractivity contribution in [2.75, 3.05) is 14.1 Å². The molecule has 0 aromatic carbocycles. The van der Waals surface area contributed by atoms with Gasteiger partial charge < -0.3 is 4.57 Å². The molecular weight excluding hydrogens is 174 g/mol. The first-order valence-corrected chi connectivity index (χ1v) is 8.18. The van der Waals surface area contributed by atoms with Crippen LogP contribution in [0, 0.1) is 0 Å². The fraction of sp³-hybridized carbons (Fsp3) is 1.00. The molecule has 0 N–H and O–H groups in total. The van der Waals surface area contributed by atoms with E-state index in [4.69, 9.17) is 0 Å². The SMILES string of the molecule is CCC(C)[Si](C)(C(C)CC)N(C)C. The molecule has 0 aromatic rings. The highest BCUT2D eigenvalue weighted by Crippen LogP contribution is 2.37. The second-order valence-electron chi connectivity index (χ2n) is 4.74. The highest BCUT2D eigenvalue weighted by molar-refractivity contribution is 6.78. The third-order valence-electron chi connectivity index (χ3n) is 4.18. The zero-order valence-corrected chi connectivity index (χ0v) is 11.5. The number of hydrogen-bond donors (Lipinski definition) is 0. The second kappa shape index (κ2) is 5.16. The lowest BCUT2D eigenvalue weighted by Crippen LogP contribution is -2.52. The molecule has 0 fully saturated rings. The molecule has 0 rings (SSSR count). The second-order valence-corrected chi connectivity index (χ2v) is 10.1. The smallest absolute Gasteiger partial charge is 0.130 e. The molecule has 2 unspecified atom stereocenters. The lowest BCUT2D eigenvalue weighted by molar-refractivity contribution is 0.550. The van der Waals surface area contributed by atoms with Crippen molar-refractivity contribution >= 4 is 8.24 Å². The van der Waals surface area contributed by atoms with Crippen LogP contribution in [0.4, 0.5) is 0 Å². The Bertz CT molecular complexity index is 135. The Labute approximate surface area is 85.6 Å². The Hall–Kier alpha value is 0.177. The van der Waals surface area contributed by atoms with Gasteiger partial charge in [-0.2, -0.15) is 0 Å². The molecule has 0 aromatic heterocycles. The van der Waals surface area contributed by atoms with E-state index in [1.165, 1.54) is 12.8 Å². The third kappa shape index (κ3) is 2.56. The Morgan fingerprint density at radius 1 is 1.00 bits per heavy atom. The van der Waals surface area contributed by atoms with E-state index in [0.29, 0.717) is 0 Å². The molecule has 2 heteroatoms. The minimum atomic E-state index is -1.20. The number of hydrogen-bond acceptors (Lipinski definition) is 1. The summed E-state index contributed by atoms with van der Waals surface area (Å²) in [4.78, 5) is 0. The van der Waals surface area contributed by atoms with E-state index in [-0.39, 0.29) is 0 Å². The van der Waals surface area contributed by atoms with Crippen LogP contribution in [0.2, 0.25) is 17.6 Å². The maximum absolute atomic E-state index is 2.54. The average molecular weight is 201 g/mol. The molecule has 0 saturated heterocycles. The summed E-state index contributed by atoms with van der Waals surface area (Å²) in [6.07, 6.45) is 2.65. The summed E-state index contributed by atoms with van der Waals surface area (Å²) in [6, 6.07) is 0. The molecule has 0 amide bonds. The maximum Gasteiger partial charge on any atom is 0.130 e. The molecule has 13 heavy (non-hydrogen) atoms. The Balaban J connectivity index is 4.71. The van der Waals surface area contributed by atoms with Gasteiger partial charge in [-0.15, -0.1) is 0 Å². The van der Waals surface area contributed by atoms with Gasteiger partial charge in [0.1, 0.15) is 8.24 Å². The summed E-state index contributed by atoms with van der Waals surface area (Å²) in [7, 11) is 3.34. The van der Waals surface area contributed by atoms with E-state index in [0.717, 1.165) is 11.1 Å². The average Bonchev–Trinajstić information content (AvgIpc) is 2.13. The largest absolute Gasteiger partial charge is 0.329 e. The van der Waals surface area contributed by atoms with Crippen molar-refractivity contribution in [1.29, 1.82) is 0 Å². The van der Waals surface area contributed by atoms with E-state index in [2.05, 4.69) is 52.9 Å². The first-order valence-electron chi connectivity index (χ1n) is 5.58. The maximum atomic E-state index is 2.54. The van der Waals surface area contributed by atoms with E-state index in [9.17, 15) is 0 Å². The van der Waals surface area contributed by atoms with Crippen molar-refractivity contribution in [2.24, 2.45) is 0 Å². The predicted molar refractivity (Wildman–Crippen MR) is 64.7 cm³/mol. The van der Waals surface area contributed by atoms with Crippen molar-refractivity contribution < 1.29 is 0 Å². The lowest BCUT2D eigenvalue weighted by atomic mass is 10.3. The quantitative estimate of drug-likeness (QED) is 0.613. The summed E-state index contributed by atoms with van der Waals surface area (Å²) >= 11 is 0. The van der Waals surface area contributed by atoms with Crippen LogP contribution in [0.25, 0.3) is 0 Å². The van der Waals surface area contributed by atoms with Gasteiger partial charge in [0, 0.05) is 0 Å². The van der Waals surface area contributed by atoms with Gasteiger partial charge in [0.2, 0.25) is 0 Å². The van der Waals surface area contributed by atoms with Crippen molar-refractivity contribution in [3.8, 4) is 0 Å². The zero-order valence-electron chi connectivity index (χ0n) is 10.5. The minimum Gasteiger partial charge on any atom is -0.329 e. The van der Waals surface area contributed by atoms with Crippen LogP contribution >= 0.6 is 0 Å². The Morgan fingerprint density at radius 2 is 1.31 bits per heavy atom. The summed E-state index contributed by atoms with van der Waals surface area (Å²) in [5.41, 5.74) is 1.80. The van der Waals surface area contributed by atoms with Gasteiger partial charge in [-0.1, -0.05) is 47.1 Å². The molecular formula is C11H27NSi. The molecule has 0 spiro atoms. The summed E-state index contributed by atoms with van der Waals surface area (Å²) in [5, 5.41) is 0. The van der Waals surface area contributed by atoms with Gasteiger partial charge in [0.15, 0.2) is 0 Å². The normalized spacial score (nSPS) is 21.2. The molecule has 0 bridgehead atoms. The summed E-state index contributed by atoms with van der Waals surface area (Å²) < 4.78 is 2.54. The number of rotatable bonds is 5. The first-order chi connectivity index (χ1) is 5.91. The molecule has 80 valence electrons. The molecule has 0 aliphatic heterocycles. The molecule has 0 radical (unpaired) electrons. The van der Waals surface area contributed by atoms with Crippen molar-refractivity contribution in [3.05, 3.63) is 0 Å². The van der Waals surface area contributed by atoms with Crippen LogP contribution in [0.1, 0.15) is 40.5 Å². The van der Waals surface area contributed by atoms with Crippen molar-refractivity contribution in [1.82, 2.24) is 4.57 Å². The van der Waals surface area contributed by atoms with Gasteiger partial charge >= 0.3 is 0 Å². The van der Waals surface area contributed by atoms with E-state index in [1.807, 2.05) is 0 Å². The monoisotopic (exact) mass is 201 g/mol. The fourth-order valence-corrected chi connectivity index (χ4v) is 6.58. The summed E-state index contributed by atoms with van der Waals surface area (Å²) in [6.45, 7) is 12.0. The van der Waals surface area contributed by atoms with Gasteiger partial charge in [0.05, 0.1) is 0 Å². The van der Waals surface area contributed by atoms with Crippen LogP contribution in [0.15, 0.2) is 0 Å². The molecule has 0 aliphatic carbocycles. The molecule has 0 heterocycles. The van der Waals surface area contributed by atoms with E-state index < -0.39 is 8.24 Å². The highest BCUT2D eigenvalue weighted by atomic mass is 28.3. The Morgan fingerprint density at radius 3 is 1.46 bits per heavy atom. The fourth-order valence-electron chi connectivity index (χ4n) is 2.19. The van der Waals surface area contributed by atoms with Gasteiger partial charge in [-0.05, 0) is 25.2 Å². The molecule has 2 atom stereocenters. The van der Waals surface area contributed by atoms with Crippen LogP contribution in [0.5, 0.6) is 0 Å². The van der Waals surface area contributed by atoms with E-state index in [1.54, 1.807) is 0 Å². The van der Waals surface area contributed by atoms with Crippen LogP contribution in [-0.2, 0) is 0 Å². The highest BCUT2D eigenvalue weighted by Gasteiger charge is 2.39. The van der Waals surface area contributed by atoms with E-state index >= 15 is 0 Å². The van der Waals surface area contributed by atoms with Crippen molar-refractivity contribution in [3.63, 3.8) is 0 Å². The predicted octanol–water partition coefficient (Wildman–Crippen LogP) is 3.72. The molecule has 0 aliphatic rings.